The van der Waals surface area contributed by atoms with Crippen LogP contribution in [0.3, 0.4) is 0 Å². The van der Waals surface area contributed by atoms with E-state index in [0.717, 1.165) is 29.4 Å². The van der Waals surface area contributed by atoms with Gasteiger partial charge in [0.15, 0.2) is 11.5 Å². The Balaban J connectivity index is 1.51. The van der Waals surface area contributed by atoms with Gasteiger partial charge in [-0.15, -0.1) is 0 Å². The number of morpholine rings is 1. The van der Waals surface area contributed by atoms with Gasteiger partial charge in [-0.05, 0) is 24.3 Å². The maximum Gasteiger partial charge on any atom is 0.180 e. The van der Waals surface area contributed by atoms with E-state index in [4.69, 9.17) is 4.74 Å². The highest BCUT2D eigenvalue weighted by atomic mass is 16.5. The molecule has 0 spiro atoms. The Labute approximate surface area is 139 Å². The van der Waals surface area contributed by atoms with E-state index in [0.29, 0.717) is 13.2 Å². The molecule has 0 aliphatic carbocycles. The SMILES string of the molecule is OC[C@@H]1CN(c2ccc(Nc3nccn4ccnc34)cc2)CCO1. The minimum absolute atomic E-state index is 0.0517. The Kier molecular flexibility index (Phi) is 4.02. The maximum absolute atomic E-state index is 9.26. The molecule has 1 atom stereocenters. The molecule has 1 aliphatic rings. The second-order valence-electron chi connectivity index (χ2n) is 5.73. The lowest BCUT2D eigenvalue weighted by atomic mass is 10.2. The lowest BCUT2D eigenvalue weighted by molar-refractivity contribution is 0.00357. The second kappa shape index (κ2) is 6.46. The molecule has 1 aromatic carbocycles. The fourth-order valence-corrected chi connectivity index (χ4v) is 2.90. The van der Waals surface area contributed by atoms with Crippen LogP contribution in [0.2, 0.25) is 0 Å². The van der Waals surface area contributed by atoms with E-state index in [1.54, 1.807) is 12.4 Å². The van der Waals surface area contributed by atoms with Gasteiger partial charge in [-0.3, -0.25) is 0 Å². The molecule has 1 saturated heterocycles. The third-order valence-corrected chi connectivity index (χ3v) is 4.15. The molecule has 0 radical (unpaired) electrons. The van der Waals surface area contributed by atoms with Gasteiger partial charge >= 0.3 is 0 Å². The van der Waals surface area contributed by atoms with Gasteiger partial charge in [-0.2, -0.15) is 0 Å². The Morgan fingerprint density at radius 2 is 1.96 bits per heavy atom. The van der Waals surface area contributed by atoms with E-state index in [1.165, 1.54) is 0 Å². The number of nitrogens with one attached hydrogen (secondary N) is 1. The quantitative estimate of drug-likeness (QED) is 0.760. The van der Waals surface area contributed by atoms with Crippen molar-refractivity contribution in [2.24, 2.45) is 0 Å². The number of hydrogen-bond donors (Lipinski definition) is 2. The van der Waals surface area contributed by atoms with Crippen LogP contribution in [0.15, 0.2) is 49.1 Å². The standard InChI is InChI=1S/C17H19N5O2/c23-12-15-11-22(9-10-24-15)14-3-1-13(2-4-14)20-16-17-19-6-8-21(17)7-5-18-16/h1-8,15,23H,9-12H2,(H,18,20)/t15-/m0/s1. The van der Waals surface area contributed by atoms with Crippen molar-refractivity contribution in [1.82, 2.24) is 14.4 Å². The van der Waals surface area contributed by atoms with Gasteiger partial charge in [0.05, 0.1) is 19.3 Å². The van der Waals surface area contributed by atoms with Gasteiger partial charge < -0.3 is 24.5 Å². The summed E-state index contributed by atoms with van der Waals surface area (Å²) in [6.45, 7) is 2.23. The van der Waals surface area contributed by atoms with Gasteiger partial charge in [0, 0.05) is 49.3 Å². The van der Waals surface area contributed by atoms with Gasteiger partial charge in [0.25, 0.3) is 0 Å². The number of hydrogen-bond acceptors (Lipinski definition) is 6. The zero-order valence-electron chi connectivity index (χ0n) is 13.2. The Hall–Kier alpha value is -2.64. The first-order valence-electron chi connectivity index (χ1n) is 7.95. The molecule has 0 unspecified atom stereocenters. The summed E-state index contributed by atoms with van der Waals surface area (Å²) < 4.78 is 7.42. The van der Waals surface area contributed by atoms with Gasteiger partial charge in [0.1, 0.15) is 0 Å². The Morgan fingerprint density at radius 1 is 1.17 bits per heavy atom. The molecule has 1 fully saturated rings. The number of rotatable bonds is 4. The molecule has 3 heterocycles. The average molecular weight is 325 g/mol. The van der Waals surface area contributed by atoms with Crippen molar-refractivity contribution in [2.75, 3.05) is 36.5 Å². The number of fused-ring (bicyclic) bond motifs is 1. The van der Waals surface area contributed by atoms with Crippen molar-refractivity contribution in [3.8, 4) is 0 Å². The largest absolute Gasteiger partial charge is 0.394 e. The fourth-order valence-electron chi connectivity index (χ4n) is 2.90. The summed E-state index contributed by atoms with van der Waals surface area (Å²) in [6, 6.07) is 8.17. The molecular formula is C17H19N5O2. The van der Waals surface area contributed by atoms with Crippen LogP contribution >= 0.6 is 0 Å². The van der Waals surface area contributed by atoms with Crippen LogP contribution in [0.5, 0.6) is 0 Å². The zero-order chi connectivity index (χ0) is 16.4. The van der Waals surface area contributed by atoms with Gasteiger partial charge in [-0.1, -0.05) is 0 Å². The first kappa shape index (κ1) is 14.9. The van der Waals surface area contributed by atoms with Crippen LogP contribution in [-0.2, 0) is 4.74 Å². The molecule has 124 valence electrons. The summed E-state index contributed by atoms with van der Waals surface area (Å²) in [5, 5.41) is 12.6. The third kappa shape index (κ3) is 2.91. The van der Waals surface area contributed by atoms with E-state index in [2.05, 4.69) is 32.3 Å². The molecule has 0 bridgehead atoms. The number of aromatic nitrogens is 3. The van der Waals surface area contributed by atoms with E-state index in [-0.39, 0.29) is 12.7 Å². The highest BCUT2D eigenvalue weighted by molar-refractivity contribution is 5.70. The number of aliphatic hydroxyl groups is 1. The second-order valence-corrected chi connectivity index (χ2v) is 5.73. The van der Waals surface area contributed by atoms with Crippen LogP contribution in [0.25, 0.3) is 5.65 Å². The molecule has 0 saturated carbocycles. The molecule has 7 nitrogen and oxygen atoms in total. The molecular weight excluding hydrogens is 306 g/mol. The smallest absolute Gasteiger partial charge is 0.180 e. The van der Waals surface area contributed by atoms with E-state index in [9.17, 15) is 5.11 Å². The number of aliphatic hydroxyl groups excluding tert-OH is 1. The third-order valence-electron chi connectivity index (χ3n) is 4.15. The highest BCUT2D eigenvalue weighted by Gasteiger charge is 2.19. The first-order valence-corrected chi connectivity index (χ1v) is 7.95. The van der Waals surface area contributed by atoms with Crippen molar-refractivity contribution in [2.45, 2.75) is 6.10 Å². The van der Waals surface area contributed by atoms with Crippen molar-refractivity contribution in [3.63, 3.8) is 0 Å². The summed E-state index contributed by atoms with van der Waals surface area (Å²) in [5.74, 6) is 0.724. The minimum atomic E-state index is -0.112. The van der Waals surface area contributed by atoms with Crippen molar-refractivity contribution in [1.29, 1.82) is 0 Å². The summed E-state index contributed by atoms with van der Waals surface area (Å²) in [6.07, 6.45) is 7.14. The average Bonchev–Trinajstić information content (AvgIpc) is 3.12. The van der Waals surface area contributed by atoms with Crippen LogP contribution < -0.4 is 10.2 Å². The van der Waals surface area contributed by atoms with Crippen molar-refractivity contribution >= 4 is 22.8 Å². The monoisotopic (exact) mass is 325 g/mol. The van der Waals surface area contributed by atoms with Crippen LogP contribution in [0.1, 0.15) is 0 Å². The fraction of sp³-hybridized carbons (Fsp3) is 0.294. The van der Waals surface area contributed by atoms with Gasteiger partial charge in [0.2, 0.25) is 0 Å². The highest BCUT2D eigenvalue weighted by Crippen LogP contribution is 2.23. The number of ether oxygens (including phenoxy) is 1. The van der Waals surface area contributed by atoms with Crippen LogP contribution in [0, 0.1) is 0 Å². The number of imidazole rings is 1. The maximum atomic E-state index is 9.26. The lowest BCUT2D eigenvalue weighted by Crippen LogP contribution is -2.44. The molecule has 3 aromatic rings. The predicted molar refractivity (Wildman–Crippen MR) is 91.8 cm³/mol. The predicted octanol–water partition coefficient (Wildman–Crippen LogP) is 1.67. The van der Waals surface area contributed by atoms with E-state index < -0.39 is 0 Å². The molecule has 7 heteroatoms. The topological polar surface area (TPSA) is 74.9 Å². The lowest BCUT2D eigenvalue weighted by Gasteiger charge is -2.33. The van der Waals surface area contributed by atoms with Crippen LogP contribution in [-0.4, -0.2) is 51.9 Å². The van der Waals surface area contributed by atoms with Crippen LogP contribution in [0.4, 0.5) is 17.2 Å². The molecule has 24 heavy (non-hydrogen) atoms. The summed E-state index contributed by atoms with van der Waals surface area (Å²) in [4.78, 5) is 10.9. The number of anilines is 3. The normalized spacial score (nSPS) is 18.0. The summed E-state index contributed by atoms with van der Waals surface area (Å²) >= 11 is 0. The first-order chi connectivity index (χ1) is 11.8. The van der Waals surface area contributed by atoms with Crippen molar-refractivity contribution < 1.29 is 9.84 Å². The Morgan fingerprint density at radius 3 is 2.75 bits per heavy atom. The minimum Gasteiger partial charge on any atom is -0.394 e. The molecule has 0 amide bonds. The molecule has 2 aromatic heterocycles. The molecule has 2 N–H and O–H groups in total. The number of benzene rings is 1. The Bertz CT molecular complexity index is 817. The van der Waals surface area contributed by atoms with Gasteiger partial charge in [-0.25, -0.2) is 9.97 Å². The summed E-state index contributed by atoms with van der Waals surface area (Å²) in [5.41, 5.74) is 2.86. The molecule has 4 rings (SSSR count). The van der Waals surface area contributed by atoms with E-state index in [1.807, 2.05) is 28.9 Å². The molecule has 1 aliphatic heterocycles. The van der Waals surface area contributed by atoms with E-state index >= 15 is 0 Å². The summed E-state index contributed by atoms with van der Waals surface area (Å²) in [7, 11) is 0. The van der Waals surface area contributed by atoms with Crippen molar-refractivity contribution in [3.05, 3.63) is 49.1 Å². The zero-order valence-corrected chi connectivity index (χ0v) is 13.2. The number of nitrogens with zero attached hydrogens (tertiary/aromatic N) is 4.